The Labute approximate surface area is 175 Å². The van der Waals surface area contributed by atoms with Gasteiger partial charge in [-0.15, -0.1) is 0 Å². The van der Waals surface area contributed by atoms with E-state index >= 15 is 0 Å². The van der Waals surface area contributed by atoms with E-state index in [0.29, 0.717) is 11.5 Å². The molecule has 3 nitrogen and oxygen atoms in total. The first-order valence-electron chi connectivity index (χ1n) is 11.3. The van der Waals surface area contributed by atoms with Gasteiger partial charge in [0.1, 0.15) is 11.5 Å². The van der Waals surface area contributed by atoms with Crippen molar-refractivity contribution in [2.45, 2.75) is 56.4 Å². The molecule has 0 aromatic heterocycles. The summed E-state index contributed by atoms with van der Waals surface area (Å²) in [6.45, 7) is 2.39. The Bertz CT molecular complexity index is 862. The van der Waals surface area contributed by atoms with E-state index in [2.05, 4.69) is 47.4 Å². The normalized spacial score (nSPS) is 28.3. The van der Waals surface area contributed by atoms with Gasteiger partial charge in [0.05, 0.1) is 14.2 Å². The van der Waals surface area contributed by atoms with Crippen LogP contribution in [0.2, 0.25) is 0 Å². The molecule has 2 aromatic carbocycles. The summed E-state index contributed by atoms with van der Waals surface area (Å²) in [5.41, 5.74) is 4.99. The maximum Gasteiger partial charge on any atom is 0.119 e. The summed E-state index contributed by atoms with van der Waals surface area (Å²) >= 11 is 0. The van der Waals surface area contributed by atoms with E-state index in [1.54, 1.807) is 25.3 Å². The van der Waals surface area contributed by atoms with Crippen LogP contribution >= 0.6 is 0 Å². The predicted molar refractivity (Wildman–Crippen MR) is 117 cm³/mol. The molecule has 2 aliphatic carbocycles. The smallest absolute Gasteiger partial charge is 0.119 e. The third-order valence-corrected chi connectivity index (χ3v) is 8.01. The summed E-state index contributed by atoms with van der Waals surface area (Å²) in [5, 5.41) is 0. The molecule has 1 heterocycles. The number of methoxy groups -OCH3 is 2. The van der Waals surface area contributed by atoms with Gasteiger partial charge in [-0.2, -0.15) is 0 Å². The molecule has 2 bridgehead atoms. The van der Waals surface area contributed by atoms with Crippen LogP contribution in [0.3, 0.4) is 0 Å². The van der Waals surface area contributed by atoms with Crippen molar-refractivity contribution in [3.63, 3.8) is 0 Å². The van der Waals surface area contributed by atoms with Gasteiger partial charge in [0.15, 0.2) is 0 Å². The minimum absolute atomic E-state index is 0.391. The molecule has 0 N–H and O–H groups in total. The molecule has 1 aliphatic heterocycles. The standard InChI is InChI=1S/C26H33NO2/c1-28-21-9-6-19(7-10-21)12-15-27-16-14-26-13-4-3-5-23(26)25(27)17-20-8-11-22(29-2)18-24(20)26/h6-11,18,23,25H,3-5,12-17H2,1-2H3/t23-,25-,26-/m0/s1. The molecule has 2 aromatic rings. The molecule has 2 fully saturated rings. The van der Waals surface area contributed by atoms with E-state index in [9.17, 15) is 0 Å². The van der Waals surface area contributed by atoms with E-state index in [1.165, 1.54) is 50.6 Å². The van der Waals surface area contributed by atoms with E-state index in [0.717, 1.165) is 30.4 Å². The van der Waals surface area contributed by atoms with Gasteiger partial charge in [0.25, 0.3) is 0 Å². The van der Waals surface area contributed by atoms with Crippen molar-refractivity contribution < 1.29 is 9.47 Å². The van der Waals surface area contributed by atoms with Gasteiger partial charge in [0, 0.05) is 18.0 Å². The van der Waals surface area contributed by atoms with Crippen LogP contribution in [-0.2, 0) is 18.3 Å². The topological polar surface area (TPSA) is 21.7 Å². The van der Waals surface area contributed by atoms with Gasteiger partial charge in [-0.25, -0.2) is 0 Å². The molecule has 5 rings (SSSR count). The second-order valence-corrected chi connectivity index (χ2v) is 9.19. The van der Waals surface area contributed by atoms with Crippen molar-refractivity contribution in [1.82, 2.24) is 4.90 Å². The summed E-state index contributed by atoms with van der Waals surface area (Å²) in [5.74, 6) is 2.78. The highest BCUT2D eigenvalue weighted by Crippen LogP contribution is 2.56. The molecule has 0 unspecified atom stereocenters. The second kappa shape index (κ2) is 7.68. The number of piperidine rings is 1. The van der Waals surface area contributed by atoms with Gasteiger partial charge in [-0.05, 0) is 85.5 Å². The highest BCUT2D eigenvalue weighted by Gasteiger charge is 2.53. The molecule has 3 aliphatic rings. The molecule has 3 atom stereocenters. The summed E-state index contributed by atoms with van der Waals surface area (Å²) in [6, 6.07) is 16.2. The van der Waals surface area contributed by atoms with Gasteiger partial charge in [0.2, 0.25) is 0 Å². The molecular formula is C26H33NO2. The molecule has 29 heavy (non-hydrogen) atoms. The van der Waals surface area contributed by atoms with Crippen molar-refractivity contribution in [1.29, 1.82) is 0 Å². The maximum absolute atomic E-state index is 5.60. The Morgan fingerprint density at radius 2 is 1.76 bits per heavy atom. The Kier molecular flexibility index (Phi) is 5.03. The SMILES string of the molecule is COc1ccc(CCN2CC[C@@]34CCCC[C@H]3[C@@H]2Cc2ccc(OC)cc24)cc1. The lowest BCUT2D eigenvalue weighted by molar-refractivity contribution is -0.0106. The number of benzene rings is 2. The van der Waals surface area contributed by atoms with Crippen molar-refractivity contribution >= 4 is 0 Å². The van der Waals surface area contributed by atoms with Gasteiger partial charge in [-0.1, -0.05) is 31.0 Å². The van der Waals surface area contributed by atoms with Crippen molar-refractivity contribution in [2.75, 3.05) is 27.3 Å². The van der Waals surface area contributed by atoms with Crippen molar-refractivity contribution in [3.8, 4) is 11.5 Å². The number of likely N-dealkylation sites (tertiary alicyclic amines) is 1. The summed E-state index contributed by atoms with van der Waals surface area (Å²) in [4.78, 5) is 2.81. The second-order valence-electron chi connectivity index (χ2n) is 9.19. The van der Waals surface area contributed by atoms with Crippen molar-refractivity contribution in [2.24, 2.45) is 5.92 Å². The van der Waals surface area contributed by atoms with Crippen LogP contribution in [0.1, 0.15) is 48.8 Å². The minimum Gasteiger partial charge on any atom is -0.497 e. The van der Waals surface area contributed by atoms with Crippen LogP contribution in [0.5, 0.6) is 11.5 Å². The van der Waals surface area contributed by atoms with Crippen LogP contribution in [0.25, 0.3) is 0 Å². The fourth-order valence-electron chi connectivity index (χ4n) is 6.53. The maximum atomic E-state index is 5.60. The highest BCUT2D eigenvalue weighted by atomic mass is 16.5. The Hall–Kier alpha value is -2.00. The summed E-state index contributed by atoms with van der Waals surface area (Å²) < 4.78 is 10.9. The summed E-state index contributed by atoms with van der Waals surface area (Å²) in [6.07, 6.45) is 9.16. The van der Waals surface area contributed by atoms with Crippen LogP contribution < -0.4 is 9.47 Å². The fourth-order valence-corrected chi connectivity index (χ4v) is 6.53. The van der Waals surface area contributed by atoms with Gasteiger partial charge in [-0.3, -0.25) is 4.90 Å². The molecule has 1 saturated carbocycles. The number of fused-ring (bicyclic) bond motifs is 1. The van der Waals surface area contributed by atoms with Gasteiger partial charge >= 0.3 is 0 Å². The zero-order chi connectivity index (χ0) is 19.8. The zero-order valence-corrected chi connectivity index (χ0v) is 17.8. The van der Waals surface area contributed by atoms with E-state index in [1.807, 2.05) is 0 Å². The lowest BCUT2D eigenvalue weighted by Crippen LogP contribution is -2.61. The molecule has 3 heteroatoms. The van der Waals surface area contributed by atoms with Crippen LogP contribution in [-0.4, -0.2) is 38.3 Å². The molecule has 0 amide bonds. The predicted octanol–water partition coefficient (Wildman–Crippen LogP) is 5.00. The minimum atomic E-state index is 0.391. The lowest BCUT2D eigenvalue weighted by Gasteiger charge is -2.59. The molecular weight excluding hydrogens is 358 g/mol. The lowest BCUT2D eigenvalue weighted by atomic mass is 9.52. The third kappa shape index (κ3) is 3.24. The van der Waals surface area contributed by atoms with E-state index in [4.69, 9.17) is 9.47 Å². The Morgan fingerprint density at radius 1 is 0.966 bits per heavy atom. The first-order valence-corrected chi connectivity index (χ1v) is 11.3. The van der Waals surface area contributed by atoms with Crippen LogP contribution in [0.4, 0.5) is 0 Å². The average Bonchev–Trinajstić information content (AvgIpc) is 2.78. The first kappa shape index (κ1) is 19.0. The number of rotatable bonds is 5. The van der Waals surface area contributed by atoms with E-state index in [-0.39, 0.29) is 0 Å². The van der Waals surface area contributed by atoms with Crippen LogP contribution in [0, 0.1) is 5.92 Å². The number of hydrogen-bond donors (Lipinski definition) is 0. The molecule has 0 radical (unpaired) electrons. The Morgan fingerprint density at radius 3 is 2.55 bits per heavy atom. The zero-order valence-electron chi connectivity index (χ0n) is 17.8. The Balaban J connectivity index is 1.39. The number of nitrogens with zero attached hydrogens (tertiary/aromatic N) is 1. The fraction of sp³-hybridized carbons (Fsp3) is 0.538. The average molecular weight is 392 g/mol. The molecule has 154 valence electrons. The molecule has 0 spiro atoms. The largest absolute Gasteiger partial charge is 0.497 e. The quantitative estimate of drug-likeness (QED) is 0.715. The highest BCUT2D eigenvalue weighted by molar-refractivity contribution is 5.45. The van der Waals surface area contributed by atoms with Gasteiger partial charge < -0.3 is 9.47 Å². The number of ether oxygens (including phenoxy) is 2. The van der Waals surface area contributed by atoms with E-state index < -0.39 is 0 Å². The summed E-state index contributed by atoms with van der Waals surface area (Å²) in [7, 11) is 3.53. The molecule has 1 saturated heterocycles. The van der Waals surface area contributed by atoms with Crippen LogP contribution in [0.15, 0.2) is 42.5 Å². The number of hydrogen-bond acceptors (Lipinski definition) is 3. The first-order chi connectivity index (χ1) is 14.2. The van der Waals surface area contributed by atoms with Crippen molar-refractivity contribution in [3.05, 3.63) is 59.2 Å². The monoisotopic (exact) mass is 391 g/mol. The third-order valence-electron chi connectivity index (χ3n) is 8.01.